The second kappa shape index (κ2) is 3.50. The summed E-state index contributed by atoms with van der Waals surface area (Å²) in [5.74, 6) is -0.280. The number of carbonyl (C=O) groups excluding carboxylic acids is 1. The molecule has 0 radical (unpaired) electrons. The largest absolute Gasteiger partial charge is 0.365 e. The van der Waals surface area contributed by atoms with Gasteiger partial charge in [0.05, 0.1) is 4.88 Å². The Morgan fingerprint density at radius 2 is 2.08 bits per heavy atom. The maximum absolute atomic E-state index is 10.9. The summed E-state index contributed by atoms with van der Waals surface area (Å²) in [5, 5.41) is 0. The summed E-state index contributed by atoms with van der Waals surface area (Å²) in [5.41, 5.74) is 6.59. The number of rotatable bonds is 1. The molecular weight excluding hydrogens is 182 g/mol. The summed E-state index contributed by atoms with van der Waals surface area (Å²) in [7, 11) is 0. The van der Waals surface area contributed by atoms with Crippen LogP contribution in [-0.2, 0) is 12.8 Å². The molecule has 1 amide bonds. The molecule has 2 rings (SSSR count). The van der Waals surface area contributed by atoms with E-state index in [1.807, 2.05) is 6.07 Å². The summed E-state index contributed by atoms with van der Waals surface area (Å²) in [6, 6.07) is 1.98. The number of primary amides is 1. The molecule has 2 N–H and O–H groups in total. The van der Waals surface area contributed by atoms with Gasteiger partial charge in [-0.25, -0.2) is 0 Å². The van der Waals surface area contributed by atoms with Crippen LogP contribution >= 0.6 is 11.3 Å². The minimum atomic E-state index is -0.280. The highest BCUT2D eigenvalue weighted by Crippen LogP contribution is 2.28. The molecule has 0 aliphatic heterocycles. The first-order chi connectivity index (χ1) is 6.27. The Morgan fingerprint density at radius 3 is 2.85 bits per heavy atom. The lowest BCUT2D eigenvalue weighted by Gasteiger charge is -1.92. The highest BCUT2D eigenvalue weighted by Gasteiger charge is 2.14. The van der Waals surface area contributed by atoms with Gasteiger partial charge in [0.2, 0.25) is 0 Å². The van der Waals surface area contributed by atoms with Gasteiger partial charge < -0.3 is 5.73 Å². The summed E-state index contributed by atoms with van der Waals surface area (Å²) in [6.45, 7) is 0. The van der Waals surface area contributed by atoms with Gasteiger partial charge in [-0.15, -0.1) is 11.3 Å². The summed E-state index contributed by atoms with van der Waals surface area (Å²) >= 11 is 1.58. The first-order valence-corrected chi connectivity index (χ1v) is 5.50. The molecule has 1 aromatic heterocycles. The molecule has 1 heterocycles. The topological polar surface area (TPSA) is 43.1 Å². The fourth-order valence-corrected chi connectivity index (χ4v) is 2.89. The minimum Gasteiger partial charge on any atom is -0.365 e. The molecule has 0 atom stereocenters. The van der Waals surface area contributed by atoms with E-state index >= 15 is 0 Å². The van der Waals surface area contributed by atoms with Crippen LogP contribution in [0.15, 0.2) is 6.07 Å². The molecule has 0 spiro atoms. The maximum Gasteiger partial charge on any atom is 0.258 e. The van der Waals surface area contributed by atoms with Crippen molar-refractivity contribution in [3.05, 3.63) is 21.4 Å². The van der Waals surface area contributed by atoms with Crippen molar-refractivity contribution < 1.29 is 4.79 Å². The van der Waals surface area contributed by atoms with Crippen molar-refractivity contribution in [2.45, 2.75) is 32.1 Å². The number of thiophene rings is 1. The number of hydrogen-bond acceptors (Lipinski definition) is 2. The van der Waals surface area contributed by atoms with Crippen LogP contribution in [0.4, 0.5) is 0 Å². The highest BCUT2D eigenvalue weighted by molar-refractivity contribution is 7.14. The summed E-state index contributed by atoms with van der Waals surface area (Å²) in [4.78, 5) is 13.0. The first-order valence-electron chi connectivity index (χ1n) is 4.69. The van der Waals surface area contributed by atoms with Crippen molar-refractivity contribution in [2.24, 2.45) is 5.73 Å². The molecule has 0 fully saturated rings. The lowest BCUT2D eigenvalue weighted by Crippen LogP contribution is -2.08. The van der Waals surface area contributed by atoms with Crippen LogP contribution in [0, 0.1) is 0 Å². The number of amides is 1. The standard InChI is InChI=1S/C10H13NOS/c11-10(12)9-6-7-4-2-1-3-5-8(7)13-9/h6H,1-5H2,(H2,11,12). The maximum atomic E-state index is 10.9. The Hall–Kier alpha value is -0.830. The normalized spacial score (nSPS) is 16.3. The average Bonchev–Trinajstić information content (AvgIpc) is 2.38. The van der Waals surface area contributed by atoms with Crippen LogP contribution in [0.5, 0.6) is 0 Å². The van der Waals surface area contributed by atoms with Crippen molar-refractivity contribution in [3.8, 4) is 0 Å². The lowest BCUT2D eigenvalue weighted by molar-refractivity contribution is 0.100. The van der Waals surface area contributed by atoms with Crippen molar-refractivity contribution in [1.82, 2.24) is 0 Å². The number of aryl methyl sites for hydroxylation is 2. The van der Waals surface area contributed by atoms with E-state index in [2.05, 4.69) is 0 Å². The molecule has 0 saturated carbocycles. The second-order valence-electron chi connectivity index (χ2n) is 3.48. The first kappa shape index (κ1) is 8.75. The van der Waals surface area contributed by atoms with E-state index in [-0.39, 0.29) is 5.91 Å². The Kier molecular flexibility index (Phi) is 2.36. The van der Waals surface area contributed by atoms with E-state index in [4.69, 9.17) is 5.73 Å². The van der Waals surface area contributed by atoms with Gasteiger partial charge in [0, 0.05) is 4.88 Å². The predicted molar refractivity (Wildman–Crippen MR) is 54.1 cm³/mol. The molecule has 1 aliphatic rings. The predicted octanol–water partition coefficient (Wildman–Crippen LogP) is 2.12. The minimum absolute atomic E-state index is 0.280. The van der Waals surface area contributed by atoms with Crippen LogP contribution < -0.4 is 5.73 Å². The number of nitrogens with two attached hydrogens (primary N) is 1. The van der Waals surface area contributed by atoms with Crippen LogP contribution in [-0.4, -0.2) is 5.91 Å². The monoisotopic (exact) mass is 195 g/mol. The van der Waals surface area contributed by atoms with Crippen LogP contribution in [0.2, 0.25) is 0 Å². The molecule has 70 valence electrons. The number of carbonyl (C=O) groups is 1. The van der Waals surface area contributed by atoms with Gasteiger partial charge in [-0.05, 0) is 37.3 Å². The van der Waals surface area contributed by atoms with Gasteiger partial charge in [-0.1, -0.05) is 6.42 Å². The van der Waals surface area contributed by atoms with Gasteiger partial charge in [-0.3, -0.25) is 4.79 Å². The third-order valence-corrected chi connectivity index (χ3v) is 3.74. The van der Waals surface area contributed by atoms with E-state index < -0.39 is 0 Å². The van der Waals surface area contributed by atoms with Gasteiger partial charge in [0.25, 0.3) is 5.91 Å². The number of hydrogen-bond donors (Lipinski definition) is 1. The van der Waals surface area contributed by atoms with Crippen molar-refractivity contribution in [1.29, 1.82) is 0 Å². The molecule has 13 heavy (non-hydrogen) atoms. The molecule has 0 aromatic carbocycles. The molecule has 2 nitrogen and oxygen atoms in total. The fourth-order valence-electron chi connectivity index (χ4n) is 1.79. The Morgan fingerprint density at radius 1 is 1.31 bits per heavy atom. The van der Waals surface area contributed by atoms with E-state index in [0.717, 1.165) is 17.7 Å². The SMILES string of the molecule is NC(=O)c1cc2c(s1)CCCCC2. The zero-order chi connectivity index (χ0) is 9.26. The quantitative estimate of drug-likeness (QED) is 0.685. The Balaban J connectivity index is 2.32. The van der Waals surface area contributed by atoms with Crippen LogP contribution in [0.1, 0.15) is 39.4 Å². The Bertz CT molecular complexity index is 306. The molecule has 1 aromatic rings. The zero-order valence-corrected chi connectivity index (χ0v) is 8.32. The lowest BCUT2D eigenvalue weighted by atomic mass is 10.1. The summed E-state index contributed by atoms with van der Waals surface area (Å²) in [6.07, 6.45) is 6.08. The van der Waals surface area contributed by atoms with Crippen LogP contribution in [0.25, 0.3) is 0 Å². The van der Waals surface area contributed by atoms with Gasteiger partial charge in [0.15, 0.2) is 0 Å². The van der Waals surface area contributed by atoms with Crippen molar-refractivity contribution in [3.63, 3.8) is 0 Å². The van der Waals surface area contributed by atoms with Gasteiger partial charge >= 0.3 is 0 Å². The molecule has 1 aliphatic carbocycles. The smallest absolute Gasteiger partial charge is 0.258 e. The third kappa shape index (κ3) is 1.75. The highest BCUT2D eigenvalue weighted by atomic mass is 32.1. The summed E-state index contributed by atoms with van der Waals surface area (Å²) < 4.78 is 0. The van der Waals surface area contributed by atoms with Crippen LogP contribution in [0.3, 0.4) is 0 Å². The van der Waals surface area contributed by atoms with E-state index in [1.165, 1.54) is 29.7 Å². The third-order valence-electron chi connectivity index (χ3n) is 2.49. The average molecular weight is 195 g/mol. The second-order valence-corrected chi connectivity index (χ2v) is 4.62. The molecule has 0 unspecified atom stereocenters. The molecule has 0 bridgehead atoms. The fraction of sp³-hybridized carbons (Fsp3) is 0.500. The van der Waals surface area contributed by atoms with E-state index in [0.29, 0.717) is 0 Å². The molecular formula is C10H13NOS. The van der Waals surface area contributed by atoms with E-state index in [9.17, 15) is 4.79 Å². The van der Waals surface area contributed by atoms with Gasteiger partial charge in [-0.2, -0.15) is 0 Å². The van der Waals surface area contributed by atoms with Crippen molar-refractivity contribution >= 4 is 17.2 Å². The molecule has 3 heteroatoms. The zero-order valence-electron chi connectivity index (χ0n) is 7.51. The van der Waals surface area contributed by atoms with Gasteiger partial charge in [0.1, 0.15) is 0 Å². The Labute approximate surface area is 81.8 Å². The van der Waals surface area contributed by atoms with E-state index in [1.54, 1.807) is 11.3 Å². The van der Waals surface area contributed by atoms with Crippen molar-refractivity contribution in [2.75, 3.05) is 0 Å². The number of fused-ring (bicyclic) bond motifs is 1. The molecule has 0 saturated heterocycles.